The molecule has 0 unspecified atom stereocenters. The van der Waals surface area contributed by atoms with E-state index in [4.69, 9.17) is 16.3 Å². The quantitative estimate of drug-likeness (QED) is 0.445. The number of hydrogen-bond donors (Lipinski definition) is 2. The molecule has 2 heterocycles. The molecule has 2 saturated heterocycles. The second-order valence-corrected chi connectivity index (χ2v) is 10.3. The Morgan fingerprint density at radius 1 is 0.972 bits per heavy atom. The highest BCUT2D eigenvalue weighted by molar-refractivity contribution is 6.32. The Morgan fingerprint density at radius 3 is 2.44 bits per heavy atom. The van der Waals surface area contributed by atoms with Crippen molar-refractivity contribution in [3.05, 3.63) is 95.0 Å². The third-order valence-corrected chi connectivity index (χ3v) is 7.82. The summed E-state index contributed by atoms with van der Waals surface area (Å²) < 4.78 is 6.00. The molecule has 5 rings (SSSR count). The molecule has 2 fully saturated rings. The highest BCUT2D eigenvalue weighted by Crippen LogP contribution is 2.34. The second kappa shape index (κ2) is 11.5. The summed E-state index contributed by atoms with van der Waals surface area (Å²) in [5.41, 5.74) is 1.92. The lowest BCUT2D eigenvalue weighted by atomic mass is 9.72. The Hall–Kier alpha value is -2.86. The van der Waals surface area contributed by atoms with Crippen molar-refractivity contribution in [2.45, 2.75) is 43.7 Å². The van der Waals surface area contributed by atoms with Crippen LogP contribution in [-0.4, -0.2) is 43.0 Å². The number of nitrogens with zero attached hydrogens (tertiary/aromatic N) is 1. The van der Waals surface area contributed by atoms with Gasteiger partial charge >= 0.3 is 0 Å². The molecule has 2 aliphatic heterocycles. The molecule has 3 aromatic carbocycles. The topological polar surface area (TPSA) is 53.6 Å². The Morgan fingerprint density at radius 2 is 1.69 bits per heavy atom. The van der Waals surface area contributed by atoms with Gasteiger partial charge in [0.1, 0.15) is 11.5 Å². The van der Waals surface area contributed by atoms with Crippen LogP contribution in [0.1, 0.15) is 36.8 Å². The number of piperidine rings is 2. The number of nitrogens with one attached hydrogen (secondary N) is 2. The summed E-state index contributed by atoms with van der Waals surface area (Å²) in [6.45, 7) is 4.53. The smallest absolute Gasteiger partial charge is 0.230 e. The predicted octanol–water partition coefficient (Wildman–Crippen LogP) is 5.53. The third kappa shape index (κ3) is 5.75. The van der Waals surface area contributed by atoms with Crippen molar-refractivity contribution in [3.63, 3.8) is 0 Å². The summed E-state index contributed by atoms with van der Waals surface area (Å²) in [5.74, 6) is 1.64. The van der Waals surface area contributed by atoms with E-state index >= 15 is 0 Å². The molecule has 0 aromatic heterocycles. The van der Waals surface area contributed by atoms with E-state index < -0.39 is 5.41 Å². The number of rotatable bonds is 7. The van der Waals surface area contributed by atoms with Crippen LogP contribution in [0.15, 0.2) is 78.9 Å². The molecular formula is C30H34ClN3O2. The Balaban J connectivity index is 1.16. The van der Waals surface area contributed by atoms with Gasteiger partial charge in [0.05, 0.1) is 10.4 Å². The van der Waals surface area contributed by atoms with E-state index in [9.17, 15) is 4.79 Å². The first-order valence-electron chi connectivity index (χ1n) is 12.9. The van der Waals surface area contributed by atoms with Gasteiger partial charge in [-0.3, -0.25) is 9.69 Å². The predicted molar refractivity (Wildman–Crippen MR) is 145 cm³/mol. The van der Waals surface area contributed by atoms with Crippen LogP contribution in [0.5, 0.6) is 11.5 Å². The molecule has 36 heavy (non-hydrogen) atoms. The fraction of sp³-hybridized carbons (Fsp3) is 0.367. The van der Waals surface area contributed by atoms with Gasteiger partial charge in [-0.05, 0) is 74.2 Å². The second-order valence-electron chi connectivity index (χ2n) is 9.90. The first kappa shape index (κ1) is 24.8. The van der Waals surface area contributed by atoms with Crippen LogP contribution in [0.25, 0.3) is 0 Å². The van der Waals surface area contributed by atoms with E-state index in [0.717, 1.165) is 69.7 Å². The van der Waals surface area contributed by atoms with Crippen LogP contribution < -0.4 is 15.4 Å². The molecule has 0 atom stereocenters. The summed E-state index contributed by atoms with van der Waals surface area (Å²) in [5, 5.41) is 7.45. The van der Waals surface area contributed by atoms with E-state index in [1.54, 1.807) is 0 Å². The van der Waals surface area contributed by atoms with Gasteiger partial charge in [0.25, 0.3) is 0 Å². The Labute approximate surface area is 218 Å². The van der Waals surface area contributed by atoms with E-state index in [1.165, 1.54) is 5.56 Å². The van der Waals surface area contributed by atoms with Gasteiger partial charge in [-0.15, -0.1) is 0 Å². The normalized spacial score (nSPS) is 18.5. The highest BCUT2D eigenvalue weighted by atomic mass is 35.5. The van der Waals surface area contributed by atoms with E-state index in [0.29, 0.717) is 10.8 Å². The molecule has 6 heteroatoms. The van der Waals surface area contributed by atoms with Gasteiger partial charge in [0, 0.05) is 25.7 Å². The van der Waals surface area contributed by atoms with Gasteiger partial charge in [-0.2, -0.15) is 0 Å². The maximum absolute atomic E-state index is 13.6. The summed E-state index contributed by atoms with van der Waals surface area (Å²) >= 11 is 6.25. The zero-order valence-corrected chi connectivity index (χ0v) is 21.3. The lowest BCUT2D eigenvalue weighted by Crippen LogP contribution is -2.54. The first-order valence-corrected chi connectivity index (χ1v) is 13.3. The van der Waals surface area contributed by atoms with Gasteiger partial charge in [-0.25, -0.2) is 0 Å². The molecule has 3 aromatic rings. The monoisotopic (exact) mass is 503 g/mol. The molecule has 0 aliphatic carbocycles. The Bertz CT molecular complexity index is 1160. The minimum absolute atomic E-state index is 0.193. The molecule has 2 aliphatic rings. The number of carbonyl (C=O) groups excluding carboxylic acids is 1. The zero-order valence-electron chi connectivity index (χ0n) is 20.6. The van der Waals surface area contributed by atoms with Crippen molar-refractivity contribution in [2.75, 3.05) is 26.2 Å². The van der Waals surface area contributed by atoms with E-state index in [2.05, 4.69) is 39.8 Å². The van der Waals surface area contributed by atoms with Crippen LogP contribution in [0, 0.1) is 0 Å². The third-order valence-electron chi connectivity index (χ3n) is 7.51. The van der Waals surface area contributed by atoms with Crippen molar-refractivity contribution in [3.8, 4) is 11.5 Å². The Kier molecular flexibility index (Phi) is 7.90. The number of amides is 1. The fourth-order valence-electron chi connectivity index (χ4n) is 5.44. The van der Waals surface area contributed by atoms with Crippen molar-refractivity contribution >= 4 is 17.5 Å². The van der Waals surface area contributed by atoms with Crippen molar-refractivity contribution in [1.82, 2.24) is 15.5 Å². The number of likely N-dealkylation sites (tertiary alicyclic amines) is 1. The largest absolute Gasteiger partial charge is 0.456 e. The van der Waals surface area contributed by atoms with E-state index in [-0.39, 0.29) is 11.9 Å². The molecule has 188 valence electrons. The summed E-state index contributed by atoms with van der Waals surface area (Å²) in [4.78, 5) is 16.1. The van der Waals surface area contributed by atoms with Crippen LogP contribution in [-0.2, 0) is 16.8 Å². The van der Waals surface area contributed by atoms with Gasteiger partial charge < -0.3 is 15.4 Å². The zero-order chi connectivity index (χ0) is 24.8. The van der Waals surface area contributed by atoms with Crippen LogP contribution in [0.2, 0.25) is 5.02 Å². The lowest BCUT2D eigenvalue weighted by Gasteiger charge is -2.39. The number of hydrogen-bond acceptors (Lipinski definition) is 4. The number of carbonyl (C=O) groups is 1. The molecule has 0 radical (unpaired) electrons. The molecule has 0 spiro atoms. The van der Waals surface area contributed by atoms with Crippen LogP contribution in [0.3, 0.4) is 0 Å². The van der Waals surface area contributed by atoms with Gasteiger partial charge in [0.2, 0.25) is 5.91 Å². The maximum Gasteiger partial charge on any atom is 0.230 e. The first-order chi connectivity index (χ1) is 17.6. The summed E-state index contributed by atoms with van der Waals surface area (Å²) in [7, 11) is 0. The summed E-state index contributed by atoms with van der Waals surface area (Å²) in [6, 6.07) is 26.2. The SMILES string of the molecule is O=C(NC1CCN(Cc2cccc(Oc3ccccc3Cl)c2)CC1)C1(c2ccccc2)CCNCC1. The van der Waals surface area contributed by atoms with Crippen LogP contribution in [0.4, 0.5) is 0 Å². The minimum Gasteiger partial charge on any atom is -0.456 e. The molecule has 5 nitrogen and oxygen atoms in total. The average Bonchev–Trinajstić information content (AvgIpc) is 2.92. The molecule has 1 amide bonds. The molecule has 0 saturated carbocycles. The van der Waals surface area contributed by atoms with E-state index in [1.807, 2.05) is 54.6 Å². The molecular weight excluding hydrogens is 470 g/mol. The van der Waals surface area contributed by atoms with Gasteiger partial charge in [0.15, 0.2) is 0 Å². The minimum atomic E-state index is -0.425. The number of ether oxygens (including phenoxy) is 1. The summed E-state index contributed by atoms with van der Waals surface area (Å²) in [6.07, 6.45) is 3.61. The van der Waals surface area contributed by atoms with Crippen molar-refractivity contribution in [1.29, 1.82) is 0 Å². The number of para-hydroxylation sites is 1. The average molecular weight is 504 g/mol. The van der Waals surface area contributed by atoms with Crippen LogP contribution >= 0.6 is 11.6 Å². The molecule has 2 N–H and O–H groups in total. The standard InChI is InChI=1S/C30H34ClN3O2/c31-27-11-4-5-12-28(27)36-26-10-6-7-23(21-26)22-34-19-13-25(14-20-34)33-29(35)30(15-17-32-18-16-30)24-8-2-1-3-9-24/h1-12,21,25,32H,13-20,22H2,(H,33,35). The van der Waals surface area contributed by atoms with Crippen molar-refractivity contribution in [2.24, 2.45) is 0 Å². The number of halogens is 1. The van der Waals surface area contributed by atoms with Crippen molar-refractivity contribution < 1.29 is 9.53 Å². The highest BCUT2D eigenvalue weighted by Gasteiger charge is 2.41. The fourth-order valence-corrected chi connectivity index (χ4v) is 5.61. The molecule has 0 bridgehead atoms. The number of benzene rings is 3. The lowest BCUT2D eigenvalue weighted by molar-refractivity contribution is -0.129. The maximum atomic E-state index is 13.6. The van der Waals surface area contributed by atoms with Gasteiger partial charge in [-0.1, -0.05) is 66.2 Å².